The molecule has 120 valence electrons. The molecule has 1 aromatic carbocycles. The van der Waals surface area contributed by atoms with Gasteiger partial charge in [-0.3, -0.25) is 14.4 Å². The fraction of sp³-hybridized carbons (Fsp3) is 0.308. The van der Waals surface area contributed by atoms with Crippen molar-refractivity contribution in [3.05, 3.63) is 35.4 Å². The van der Waals surface area contributed by atoms with Gasteiger partial charge >= 0.3 is 6.18 Å². The summed E-state index contributed by atoms with van der Waals surface area (Å²) >= 11 is 0. The first-order valence-electron chi connectivity index (χ1n) is 6.15. The van der Waals surface area contributed by atoms with Gasteiger partial charge in [0, 0.05) is 5.56 Å². The van der Waals surface area contributed by atoms with E-state index >= 15 is 0 Å². The second-order valence-electron chi connectivity index (χ2n) is 4.45. The first-order valence-corrected chi connectivity index (χ1v) is 6.15. The molecule has 0 aromatic heterocycles. The van der Waals surface area contributed by atoms with Crippen LogP contribution in [0.15, 0.2) is 24.3 Å². The minimum absolute atomic E-state index is 0.231. The highest BCUT2D eigenvalue weighted by Gasteiger charge is 2.30. The lowest BCUT2D eigenvalue weighted by Crippen LogP contribution is -2.46. The van der Waals surface area contributed by atoms with Crippen LogP contribution in [0.3, 0.4) is 0 Å². The number of benzene rings is 1. The summed E-state index contributed by atoms with van der Waals surface area (Å²) in [6.07, 6.45) is -4.56. The highest BCUT2D eigenvalue weighted by atomic mass is 19.4. The van der Waals surface area contributed by atoms with E-state index in [0.717, 1.165) is 12.1 Å². The van der Waals surface area contributed by atoms with E-state index in [1.165, 1.54) is 13.0 Å². The fourth-order valence-electron chi connectivity index (χ4n) is 1.46. The van der Waals surface area contributed by atoms with Crippen molar-refractivity contribution < 1.29 is 27.6 Å². The number of rotatable bonds is 5. The van der Waals surface area contributed by atoms with E-state index in [-0.39, 0.29) is 5.56 Å². The molecule has 0 fully saturated rings. The van der Waals surface area contributed by atoms with Crippen molar-refractivity contribution in [1.82, 2.24) is 10.6 Å². The largest absolute Gasteiger partial charge is 0.416 e. The number of alkyl halides is 3. The molecule has 0 aliphatic carbocycles. The topological polar surface area (TPSA) is 101 Å². The minimum atomic E-state index is -4.56. The van der Waals surface area contributed by atoms with Crippen LogP contribution in [0.5, 0.6) is 0 Å². The molecule has 4 N–H and O–H groups in total. The maximum atomic E-state index is 12.5. The summed E-state index contributed by atoms with van der Waals surface area (Å²) in [5.41, 5.74) is 3.74. The molecular weight excluding hydrogens is 303 g/mol. The lowest BCUT2D eigenvalue weighted by Gasteiger charge is -2.11. The molecule has 0 saturated carbocycles. The summed E-state index contributed by atoms with van der Waals surface area (Å²) in [5.74, 6) is -2.28. The number of nitrogens with two attached hydrogens (primary N) is 1. The Morgan fingerprint density at radius 2 is 1.91 bits per heavy atom. The maximum absolute atomic E-state index is 12.5. The molecule has 0 saturated heterocycles. The van der Waals surface area contributed by atoms with Crippen molar-refractivity contribution in [2.75, 3.05) is 6.54 Å². The quantitative estimate of drug-likeness (QED) is 0.734. The molecular formula is C13H14F3N3O3. The smallest absolute Gasteiger partial charge is 0.368 e. The third kappa shape index (κ3) is 5.08. The zero-order valence-electron chi connectivity index (χ0n) is 11.5. The molecule has 1 rings (SSSR count). The number of carbonyl (C=O) groups is 3. The van der Waals surface area contributed by atoms with Crippen molar-refractivity contribution in [2.24, 2.45) is 5.73 Å². The first kappa shape index (κ1) is 17.5. The molecule has 1 aromatic rings. The Morgan fingerprint density at radius 3 is 2.45 bits per heavy atom. The van der Waals surface area contributed by atoms with E-state index in [4.69, 9.17) is 5.73 Å². The zero-order chi connectivity index (χ0) is 16.9. The first-order chi connectivity index (χ1) is 10.1. The van der Waals surface area contributed by atoms with Gasteiger partial charge in [0.15, 0.2) is 0 Å². The molecule has 9 heteroatoms. The second-order valence-corrected chi connectivity index (χ2v) is 4.45. The van der Waals surface area contributed by atoms with E-state index in [2.05, 4.69) is 10.6 Å². The van der Waals surface area contributed by atoms with E-state index in [1.54, 1.807) is 0 Å². The van der Waals surface area contributed by atoms with Gasteiger partial charge in [-0.05, 0) is 25.1 Å². The van der Waals surface area contributed by atoms with Crippen LogP contribution in [0.1, 0.15) is 22.8 Å². The van der Waals surface area contributed by atoms with Crippen molar-refractivity contribution in [3.63, 3.8) is 0 Å². The molecule has 6 nitrogen and oxygen atoms in total. The molecule has 0 radical (unpaired) electrons. The number of primary amides is 1. The Morgan fingerprint density at radius 1 is 1.27 bits per heavy atom. The van der Waals surface area contributed by atoms with Crippen LogP contribution >= 0.6 is 0 Å². The zero-order valence-corrected chi connectivity index (χ0v) is 11.5. The van der Waals surface area contributed by atoms with Gasteiger partial charge in [0.25, 0.3) is 5.91 Å². The third-order valence-corrected chi connectivity index (χ3v) is 2.67. The van der Waals surface area contributed by atoms with E-state index in [9.17, 15) is 27.6 Å². The van der Waals surface area contributed by atoms with Crippen LogP contribution in [0.25, 0.3) is 0 Å². The van der Waals surface area contributed by atoms with Gasteiger partial charge in [-0.1, -0.05) is 6.07 Å². The average Bonchev–Trinajstić information content (AvgIpc) is 2.43. The van der Waals surface area contributed by atoms with Gasteiger partial charge in [-0.2, -0.15) is 13.2 Å². The predicted octanol–water partition coefficient (Wildman–Crippen LogP) is 0.425. The van der Waals surface area contributed by atoms with Crippen molar-refractivity contribution in [1.29, 1.82) is 0 Å². The van der Waals surface area contributed by atoms with E-state index < -0.39 is 42.0 Å². The van der Waals surface area contributed by atoms with Gasteiger partial charge in [0.05, 0.1) is 12.1 Å². The summed E-state index contributed by atoms with van der Waals surface area (Å²) in [4.78, 5) is 33.8. The van der Waals surface area contributed by atoms with Crippen LogP contribution in [0.2, 0.25) is 0 Å². The second kappa shape index (κ2) is 6.92. The maximum Gasteiger partial charge on any atom is 0.416 e. The highest BCUT2D eigenvalue weighted by molar-refractivity contribution is 5.97. The summed E-state index contributed by atoms with van der Waals surface area (Å²) in [6.45, 7) is 0.863. The molecule has 0 heterocycles. The Kier molecular flexibility index (Phi) is 5.50. The Balaban J connectivity index is 2.63. The molecule has 0 aliphatic rings. The Bertz CT molecular complexity index is 587. The monoisotopic (exact) mass is 317 g/mol. The number of carbonyl (C=O) groups excluding carboxylic acids is 3. The van der Waals surface area contributed by atoms with Gasteiger partial charge in [-0.15, -0.1) is 0 Å². The number of hydrogen-bond acceptors (Lipinski definition) is 3. The van der Waals surface area contributed by atoms with Crippen LogP contribution in [0.4, 0.5) is 13.2 Å². The lowest BCUT2D eigenvalue weighted by atomic mass is 10.1. The standard InChI is InChI=1S/C13H14F3N3O3/c1-7(11(17)21)19-10(20)6-18-12(22)8-3-2-4-9(5-8)13(14,15)16/h2-5,7H,6H2,1H3,(H2,17,21)(H,18,22)(H,19,20). The predicted molar refractivity (Wildman–Crippen MR) is 70.6 cm³/mol. The van der Waals surface area contributed by atoms with E-state index in [1.807, 2.05) is 0 Å². The van der Waals surface area contributed by atoms with Crippen LogP contribution in [-0.4, -0.2) is 30.3 Å². The summed E-state index contributed by atoms with van der Waals surface area (Å²) in [6, 6.07) is 2.87. The van der Waals surface area contributed by atoms with Gasteiger partial charge in [0.2, 0.25) is 11.8 Å². The SMILES string of the molecule is CC(NC(=O)CNC(=O)c1cccc(C(F)(F)F)c1)C(N)=O. The van der Waals surface area contributed by atoms with E-state index in [0.29, 0.717) is 6.07 Å². The summed E-state index contributed by atoms with van der Waals surface area (Å²) in [7, 11) is 0. The number of hydrogen-bond donors (Lipinski definition) is 3. The van der Waals surface area contributed by atoms with Gasteiger partial charge < -0.3 is 16.4 Å². The molecule has 0 bridgehead atoms. The summed E-state index contributed by atoms with van der Waals surface area (Å²) < 4.78 is 37.6. The van der Waals surface area contributed by atoms with Gasteiger partial charge in [0.1, 0.15) is 6.04 Å². The van der Waals surface area contributed by atoms with Crippen molar-refractivity contribution in [3.8, 4) is 0 Å². The van der Waals surface area contributed by atoms with Crippen LogP contribution < -0.4 is 16.4 Å². The number of amides is 3. The average molecular weight is 317 g/mol. The fourth-order valence-corrected chi connectivity index (χ4v) is 1.46. The number of nitrogens with one attached hydrogen (secondary N) is 2. The van der Waals surface area contributed by atoms with Crippen molar-refractivity contribution in [2.45, 2.75) is 19.1 Å². The Labute approximate surface area is 123 Å². The van der Waals surface area contributed by atoms with Crippen LogP contribution in [-0.2, 0) is 15.8 Å². The summed E-state index contributed by atoms with van der Waals surface area (Å²) in [5, 5.41) is 4.36. The van der Waals surface area contributed by atoms with Gasteiger partial charge in [-0.25, -0.2) is 0 Å². The molecule has 0 aliphatic heterocycles. The molecule has 1 unspecified atom stereocenters. The third-order valence-electron chi connectivity index (χ3n) is 2.67. The lowest BCUT2D eigenvalue weighted by molar-refractivity contribution is -0.137. The molecule has 1 atom stereocenters. The molecule has 0 spiro atoms. The molecule has 3 amide bonds. The van der Waals surface area contributed by atoms with Crippen molar-refractivity contribution >= 4 is 17.7 Å². The number of halogens is 3. The van der Waals surface area contributed by atoms with Crippen LogP contribution in [0, 0.1) is 0 Å². The normalized spacial score (nSPS) is 12.4. The highest BCUT2D eigenvalue weighted by Crippen LogP contribution is 2.29. The minimum Gasteiger partial charge on any atom is -0.368 e. The Hall–Kier alpha value is -2.58. The molecule has 22 heavy (non-hydrogen) atoms.